The predicted molar refractivity (Wildman–Crippen MR) is 76.2 cm³/mol. The smallest absolute Gasteiger partial charge is 0.129 e. The van der Waals surface area contributed by atoms with E-state index in [9.17, 15) is 4.39 Å². The fourth-order valence-electron chi connectivity index (χ4n) is 1.80. The van der Waals surface area contributed by atoms with Crippen LogP contribution in [0.4, 0.5) is 4.39 Å². The van der Waals surface area contributed by atoms with Crippen LogP contribution in [0, 0.1) is 5.82 Å². The van der Waals surface area contributed by atoms with E-state index < -0.39 is 0 Å². The molecule has 0 saturated heterocycles. The quantitative estimate of drug-likeness (QED) is 0.854. The van der Waals surface area contributed by atoms with Crippen LogP contribution in [0.3, 0.4) is 0 Å². The molecule has 1 atom stereocenters. The molecule has 0 radical (unpaired) electrons. The Morgan fingerprint density at radius 1 is 1.44 bits per heavy atom. The van der Waals surface area contributed by atoms with Crippen LogP contribution in [0.5, 0.6) is 0 Å². The summed E-state index contributed by atoms with van der Waals surface area (Å²) in [5.74, 6) is -0.196. The van der Waals surface area contributed by atoms with Gasteiger partial charge in [-0.2, -0.15) is 0 Å². The van der Waals surface area contributed by atoms with E-state index in [1.807, 2.05) is 33.8 Å². The van der Waals surface area contributed by atoms with Crippen molar-refractivity contribution in [1.82, 2.24) is 5.32 Å². The lowest BCUT2D eigenvalue weighted by molar-refractivity contribution is -0.0104. The zero-order valence-electron chi connectivity index (χ0n) is 11.4. The first-order valence-electron chi connectivity index (χ1n) is 6.18. The molecule has 18 heavy (non-hydrogen) atoms. The summed E-state index contributed by atoms with van der Waals surface area (Å²) < 4.78 is 20.1. The van der Waals surface area contributed by atoms with Gasteiger partial charge in [0.25, 0.3) is 0 Å². The highest BCUT2D eigenvalue weighted by molar-refractivity contribution is 9.10. The van der Waals surface area contributed by atoms with Crippen LogP contribution in [0.25, 0.3) is 0 Å². The third kappa shape index (κ3) is 4.67. The van der Waals surface area contributed by atoms with Crippen LogP contribution in [0.2, 0.25) is 0 Å². The van der Waals surface area contributed by atoms with Crippen molar-refractivity contribution in [2.75, 3.05) is 13.2 Å². The maximum absolute atomic E-state index is 13.8. The Kier molecular flexibility index (Phi) is 5.76. The molecule has 1 unspecified atom stereocenters. The topological polar surface area (TPSA) is 21.3 Å². The highest BCUT2D eigenvalue weighted by atomic mass is 79.9. The van der Waals surface area contributed by atoms with Crippen molar-refractivity contribution in [1.29, 1.82) is 0 Å². The molecular formula is C14H21BrFNO. The number of rotatable bonds is 6. The van der Waals surface area contributed by atoms with Crippen molar-refractivity contribution < 1.29 is 9.13 Å². The highest BCUT2D eigenvalue weighted by Crippen LogP contribution is 2.21. The van der Waals surface area contributed by atoms with Crippen LogP contribution >= 0.6 is 15.9 Å². The summed E-state index contributed by atoms with van der Waals surface area (Å²) in [6, 6.07) is 5.09. The van der Waals surface area contributed by atoms with Gasteiger partial charge in [0.05, 0.1) is 5.60 Å². The van der Waals surface area contributed by atoms with E-state index in [0.29, 0.717) is 18.7 Å². The second-order valence-electron chi connectivity index (χ2n) is 4.96. The van der Waals surface area contributed by atoms with E-state index in [1.54, 1.807) is 6.07 Å². The van der Waals surface area contributed by atoms with E-state index in [0.717, 1.165) is 4.47 Å². The number of ether oxygens (including phenoxy) is 1. The second kappa shape index (κ2) is 6.64. The lowest BCUT2D eigenvalue weighted by Crippen LogP contribution is -2.38. The fraction of sp³-hybridized carbons (Fsp3) is 0.571. The van der Waals surface area contributed by atoms with E-state index in [2.05, 4.69) is 21.2 Å². The number of nitrogens with one attached hydrogen (secondary N) is 1. The SMILES string of the molecule is CCOC(C)(C)CNC(C)c1ccc(Br)cc1F. The molecule has 0 fully saturated rings. The minimum Gasteiger partial charge on any atom is -0.375 e. The first-order chi connectivity index (χ1) is 8.35. The van der Waals surface area contributed by atoms with Crippen molar-refractivity contribution in [3.05, 3.63) is 34.1 Å². The number of halogens is 2. The van der Waals surface area contributed by atoms with Crippen molar-refractivity contribution in [3.8, 4) is 0 Å². The molecule has 0 aliphatic rings. The van der Waals surface area contributed by atoms with Crippen LogP contribution in [-0.4, -0.2) is 18.8 Å². The highest BCUT2D eigenvalue weighted by Gasteiger charge is 2.19. The average Bonchev–Trinajstić information content (AvgIpc) is 2.26. The summed E-state index contributed by atoms with van der Waals surface area (Å²) in [6.45, 7) is 9.32. The minimum atomic E-state index is -0.241. The third-order valence-electron chi connectivity index (χ3n) is 2.80. The van der Waals surface area contributed by atoms with Gasteiger partial charge < -0.3 is 10.1 Å². The summed E-state index contributed by atoms with van der Waals surface area (Å²) in [5.41, 5.74) is 0.431. The van der Waals surface area contributed by atoms with Gasteiger partial charge in [0.15, 0.2) is 0 Å². The minimum absolute atomic E-state index is 0.0437. The molecule has 4 heteroatoms. The van der Waals surface area contributed by atoms with Gasteiger partial charge in [0.1, 0.15) is 5.82 Å². The predicted octanol–water partition coefficient (Wildman–Crippen LogP) is 4.05. The number of hydrogen-bond acceptors (Lipinski definition) is 2. The standard InChI is InChI=1S/C14H21BrFNO/c1-5-18-14(3,4)9-17-10(2)12-7-6-11(15)8-13(12)16/h6-8,10,17H,5,9H2,1-4H3. The largest absolute Gasteiger partial charge is 0.375 e. The molecule has 2 nitrogen and oxygen atoms in total. The molecule has 0 saturated carbocycles. The summed E-state index contributed by atoms with van der Waals surface area (Å²) in [5, 5.41) is 3.30. The molecule has 1 rings (SSSR count). The Bertz CT molecular complexity index is 395. The van der Waals surface area contributed by atoms with E-state index in [-0.39, 0.29) is 17.5 Å². The molecule has 1 aromatic rings. The Morgan fingerprint density at radius 2 is 2.11 bits per heavy atom. The Balaban J connectivity index is 2.63. The Labute approximate surface area is 117 Å². The summed E-state index contributed by atoms with van der Waals surface area (Å²) >= 11 is 3.26. The normalized spacial score (nSPS) is 13.7. The van der Waals surface area contributed by atoms with Crippen molar-refractivity contribution >= 4 is 15.9 Å². The van der Waals surface area contributed by atoms with Crippen molar-refractivity contribution in [2.45, 2.75) is 39.3 Å². The first-order valence-corrected chi connectivity index (χ1v) is 6.97. The van der Waals surface area contributed by atoms with Gasteiger partial charge in [-0.3, -0.25) is 0 Å². The van der Waals surface area contributed by atoms with E-state index >= 15 is 0 Å². The molecule has 1 N–H and O–H groups in total. The van der Waals surface area contributed by atoms with Crippen molar-refractivity contribution in [3.63, 3.8) is 0 Å². The number of hydrogen-bond donors (Lipinski definition) is 1. The van der Waals surface area contributed by atoms with Gasteiger partial charge >= 0.3 is 0 Å². The molecule has 0 heterocycles. The Hall–Kier alpha value is -0.450. The summed E-state index contributed by atoms with van der Waals surface area (Å²) in [6.07, 6.45) is 0. The average molecular weight is 318 g/mol. The van der Waals surface area contributed by atoms with Crippen LogP contribution in [-0.2, 0) is 4.74 Å². The zero-order chi connectivity index (χ0) is 13.8. The van der Waals surface area contributed by atoms with Crippen LogP contribution in [0.15, 0.2) is 22.7 Å². The third-order valence-corrected chi connectivity index (χ3v) is 3.29. The second-order valence-corrected chi connectivity index (χ2v) is 5.88. The zero-order valence-corrected chi connectivity index (χ0v) is 13.0. The summed E-state index contributed by atoms with van der Waals surface area (Å²) in [7, 11) is 0. The van der Waals surface area contributed by atoms with E-state index in [1.165, 1.54) is 6.07 Å². The molecule has 0 bridgehead atoms. The molecule has 0 amide bonds. The lowest BCUT2D eigenvalue weighted by atomic mass is 10.1. The molecule has 102 valence electrons. The number of benzene rings is 1. The summed E-state index contributed by atoms with van der Waals surface area (Å²) in [4.78, 5) is 0. The van der Waals surface area contributed by atoms with Gasteiger partial charge in [-0.15, -0.1) is 0 Å². The van der Waals surface area contributed by atoms with Crippen LogP contribution < -0.4 is 5.32 Å². The molecule has 0 aliphatic carbocycles. The van der Waals surface area contributed by atoms with Crippen molar-refractivity contribution in [2.24, 2.45) is 0 Å². The monoisotopic (exact) mass is 317 g/mol. The van der Waals surface area contributed by atoms with Gasteiger partial charge in [0, 0.05) is 29.2 Å². The molecule has 1 aromatic carbocycles. The van der Waals surface area contributed by atoms with Gasteiger partial charge in [0.2, 0.25) is 0 Å². The lowest BCUT2D eigenvalue weighted by Gasteiger charge is -2.27. The first kappa shape index (κ1) is 15.6. The maximum Gasteiger partial charge on any atom is 0.129 e. The molecular weight excluding hydrogens is 297 g/mol. The Morgan fingerprint density at radius 3 is 2.67 bits per heavy atom. The fourth-order valence-corrected chi connectivity index (χ4v) is 2.14. The van der Waals surface area contributed by atoms with E-state index in [4.69, 9.17) is 4.74 Å². The van der Waals surface area contributed by atoms with Gasteiger partial charge in [-0.1, -0.05) is 22.0 Å². The van der Waals surface area contributed by atoms with Gasteiger partial charge in [-0.25, -0.2) is 4.39 Å². The maximum atomic E-state index is 13.8. The van der Waals surface area contributed by atoms with Crippen LogP contribution in [0.1, 0.15) is 39.3 Å². The van der Waals surface area contributed by atoms with Gasteiger partial charge in [-0.05, 0) is 39.8 Å². The molecule has 0 aromatic heterocycles. The molecule has 0 spiro atoms. The molecule has 0 aliphatic heterocycles.